The third-order valence-corrected chi connectivity index (χ3v) is 5.35. The zero-order chi connectivity index (χ0) is 19.6. The summed E-state index contributed by atoms with van der Waals surface area (Å²) in [6.07, 6.45) is 0.860. The highest BCUT2D eigenvalue weighted by molar-refractivity contribution is 6.17. The molecule has 4 aromatic carbocycles. The molecule has 0 unspecified atom stereocenters. The topological polar surface area (TPSA) is 32.7 Å². The lowest BCUT2D eigenvalue weighted by molar-refractivity contribution is 0.453. The lowest BCUT2D eigenvalue weighted by Gasteiger charge is -2.26. The van der Waals surface area contributed by atoms with Gasteiger partial charge in [-0.1, -0.05) is 48.5 Å². The van der Waals surface area contributed by atoms with E-state index in [1.54, 1.807) is 0 Å². The van der Waals surface area contributed by atoms with Gasteiger partial charge in [-0.15, -0.1) is 0 Å². The van der Waals surface area contributed by atoms with Crippen LogP contribution in [0.25, 0.3) is 11.1 Å². The average Bonchev–Trinajstić information content (AvgIpc) is 3.13. The second-order valence-corrected chi connectivity index (χ2v) is 7.12. The predicted octanol–water partition coefficient (Wildman–Crippen LogP) is 5.37. The van der Waals surface area contributed by atoms with E-state index in [1.807, 2.05) is 24.3 Å². The molecule has 0 saturated carbocycles. The molecule has 0 spiro atoms. The monoisotopic (exact) mass is 377 g/mol. The van der Waals surface area contributed by atoms with Gasteiger partial charge in [0.05, 0.1) is 0 Å². The third kappa shape index (κ3) is 3.28. The van der Waals surface area contributed by atoms with Crippen molar-refractivity contribution in [3.63, 3.8) is 0 Å². The molecule has 0 saturated heterocycles. The Morgan fingerprint density at radius 2 is 1.24 bits per heavy atom. The van der Waals surface area contributed by atoms with Gasteiger partial charge in [-0.25, -0.2) is 0 Å². The van der Waals surface area contributed by atoms with Crippen molar-refractivity contribution in [2.24, 2.45) is 0 Å². The van der Waals surface area contributed by atoms with Crippen LogP contribution in [-0.4, -0.2) is 12.7 Å². The molecular formula is C25H20BNO2. The van der Waals surface area contributed by atoms with Crippen LogP contribution in [0.5, 0.6) is 5.75 Å². The molecule has 3 nitrogen and oxygen atoms in total. The molecule has 0 atom stereocenters. The minimum Gasteiger partial charge on any atom is -0.539 e. The largest absolute Gasteiger partial charge is 0.539 e. The summed E-state index contributed by atoms with van der Waals surface area (Å²) in [6.45, 7) is 0. The van der Waals surface area contributed by atoms with Crippen LogP contribution in [-0.2, 0) is 6.42 Å². The van der Waals surface area contributed by atoms with Gasteiger partial charge in [-0.2, -0.15) is 0 Å². The minimum atomic E-state index is -0.307. The number of rotatable bonds is 5. The van der Waals surface area contributed by atoms with Crippen LogP contribution in [0, 0.1) is 0 Å². The molecule has 0 aromatic heterocycles. The molecule has 1 aliphatic rings. The van der Waals surface area contributed by atoms with Crippen molar-refractivity contribution in [2.75, 3.05) is 4.90 Å². The number of anilines is 3. The Bertz CT molecular complexity index is 1110. The number of nitrogens with zero attached hydrogens (tertiary/aromatic N) is 1. The summed E-state index contributed by atoms with van der Waals surface area (Å²) in [5, 5.41) is 9.03. The highest BCUT2D eigenvalue weighted by Crippen LogP contribution is 2.42. The van der Waals surface area contributed by atoms with Crippen LogP contribution < -0.4 is 9.55 Å². The number of para-hydroxylation sites is 2. The third-order valence-electron chi connectivity index (χ3n) is 5.35. The summed E-state index contributed by atoms with van der Waals surface area (Å²) in [5.41, 5.74) is 8.44. The first kappa shape index (κ1) is 17.6. The fourth-order valence-corrected chi connectivity index (χ4v) is 4.08. The van der Waals surface area contributed by atoms with E-state index in [2.05, 4.69) is 77.7 Å². The van der Waals surface area contributed by atoms with Crippen molar-refractivity contribution in [3.05, 3.63) is 108 Å². The van der Waals surface area contributed by atoms with E-state index >= 15 is 0 Å². The number of hydrogen-bond acceptors (Lipinski definition) is 3. The normalized spacial score (nSPS) is 11.5. The lowest BCUT2D eigenvalue weighted by Crippen LogP contribution is -2.09. The highest BCUT2D eigenvalue weighted by atomic mass is 16.5. The molecule has 1 N–H and O–H groups in total. The Morgan fingerprint density at radius 1 is 0.655 bits per heavy atom. The molecule has 140 valence electrons. The van der Waals surface area contributed by atoms with Crippen molar-refractivity contribution in [1.29, 1.82) is 0 Å². The predicted molar refractivity (Wildman–Crippen MR) is 119 cm³/mol. The Balaban J connectivity index is 1.57. The summed E-state index contributed by atoms with van der Waals surface area (Å²) >= 11 is 0. The molecule has 0 aliphatic heterocycles. The fraction of sp³-hybridized carbons (Fsp3) is 0.0400. The molecule has 29 heavy (non-hydrogen) atoms. The first-order valence-corrected chi connectivity index (χ1v) is 9.73. The van der Waals surface area contributed by atoms with Crippen LogP contribution in [0.3, 0.4) is 0 Å². The second-order valence-electron chi connectivity index (χ2n) is 7.12. The van der Waals surface area contributed by atoms with E-state index in [4.69, 9.17) is 9.68 Å². The van der Waals surface area contributed by atoms with Crippen molar-refractivity contribution in [2.45, 2.75) is 6.42 Å². The van der Waals surface area contributed by atoms with Crippen molar-refractivity contribution in [1.82, 2.24) is 0 Å². The Labute approximate surface area is 171 Å². The maximum atomic E-state index is 9.03. The van der Waals surface area contributed by atoms with Gasteiger partial charge in [0.1, 0.15) is 5.75 Å². The van der Waals surface area contributed by atoms with Gasteiger partial charge in [0, 0.05) is 17.1 Å². The first-order chi connectivity index (χ1) is 14.3. The molecule has 0 heterocycles. The van der Waals surface area contributed by atoms with Gasteiger partial charge >= 0.3 is 7.69 Å². The van der Waals surface area contributed by atoms with Crippen LogP contribution in [0.1, 0.15) is 11.1 Å². The standard InChI is InChI=1S/C25H20BNO2/c28-26-29-23-12-14-25-19(17-23)15-18-16-22(11-13-24(18)25)27(20-7-3-1-4-8-20)21-9-5-2-6-10-21/h1-14,16-17,26,28H,15H2. The smallest absolute Gasteiger partial charge is 0.504 e. The highest BCUT2D eigenvalue weighted by Gasteiger charge is 2.21. The summed E-state index contributed by atoms with van der Waals surface area (Å²) in [6, 6.07) is 33.6. The van der Waals surface area contributed by atoms with Crippen LogP contribution in [0.2, 0.25) is 0 Å². The van der Waals surface area contributed by atoms with E-state index in [-0.39, 0.29) is 7.69 Å². The van der Waals surface area contributed by atoms with E-state index in [0.717, 1.165) is 23.5 Å². The van der Waals surface area contributed by atoms with Crippen LogP contribution in [0.15, 0.2) is 97.1 Å². The van der Waals surface area contributed by atoms with Crippen molar-refractivity contribution < 1.29 is 9.68 Å². The first-order valence-electron chi connectivity index (χ1n) is 9.73. The molecule has 4 aromatic rings. The zero-order valence-electron chi connectivity index (χ0n) is 16.0. The zero-order valence-corrected chi connectivity index (χ0v) is 16.0. The van der Waals surface area contributed by atoms with Gasteiger partial charge < -0.3 is 14.6 Å². The van der Waals surface area contributed by atoms with Gasteiger partial charge in [-0.05, 0) is 77.2 Å². The molecular weight excluding hydrogens is 357 g/mol. The van der Waals surface area contributed by atoms with E-state index in [0.29, 0.717) is 5.75 Å². The molecule has 0 amide bonds. The molecule has 0 bridgehead atoms. The van der Waals surface area contributed by atoms with E-state index in [9.17, 15) is 0 Å². The van der Waals surface area contributed by atoms with Gasteiger partial charge in [0.15, 0.2) is 0 Å². The Morgan fingerprint density at radius 3 is 1.86 bits per heavy atom. The van der Waals surface area contributed by atoms with Crippen molar-refractivity contribution in [3.8, 4) is 16.9 Å². The van der Waals surface area contributed by atoms with Crippen LogP contribution >= 0.6 is 0 Å². The second kappa shape index (κ2) is 7.49. The van der Waals surface area contributed by atoms with Gasteiger partial charge in [-0.3, -0.25) is 0 Å². The Hall–Kier alpha value is -3.50. The lowest BCUT2D eigenvalue weighted by atomic mass is 10.0. The maximum Gasteiger partial charge on any atom is 0.504 e. The summed E-state index contributed by atoms with van der Waals surface area (Å²) in [7, 11) is -0.307. The van der Waals surface area contributed by atoms with Gasteiger partial charge in [0.2, 0.25) is 0 Å². The fourth-order valence-electron chi connectivity index (χ4n) is 4.08. The SMILES string of the molecule is OBOc1ccc2c(c1)Cc1cc(N(c3ccccc3)c3ccccc3)ccc1-2. The molecule has 1 aliphatic carbocycles. The molecule has 4 heteroatoms. The molecule has 5 rings (SSSR count). The number of hydrogen-bond donors (Lipinski definition) is 1. The van der Waals surface area contributed by atoms with Crippen LogP contribution in [0.4, 0.5) is 17.1 Å². The van der Waals surface area contributed by atoms with Gasteiger partial charge in [0.25, 0.3) is 0 Å². The summed E-state index contributed by atoms with van der Waals surface area (Å²) < 4.78 is 5.25. The van der Waals surface area contributed by atoms with E-state index in [1.165, 1.54) is 22.3 Å². The average molecular weight is 377 g/mol. The number of benzene rings is 4. The summed E-state index contributed by atoms with van der Waals surface area (Å²) in [4.78, 5) is 2.28. The maximum absolute atomic E-state index is 9.03. The summed E-state index contributed by atoms with van der Waals surface area (Å²) in [5.74, 6) is 0.703. The number of fused-ring (bicyclic) bond motifs is 3. The Kier molecular flexibility index (Phi) is 4.55. The minimum absolute atomic E-state index is 0.307. The van der Waals surface area contributed by atoms with Crippen molar-refractivity contribution >= 4 is 24.7 Å². The quantitative estimate of drug-likeness (QED) is 0.418. The molecule has 0 radical (unpaired) electrons. The van der Waals surface area contributed by atoms with E-state index < -0.39 is 0 Å². The molecule has 0 fully saturated rings.